The van der Waals surface area contributed by atoms with E-state index in [1.807, 2.05) is 42.5 Å². The van der Waals surface area contributed by atoms with Gasteiger partial charge in [0.2, 0.25) is 5.91 Å². The van der Waals surface area contributed by atoms with Crippen molar-refractivity contribution >= 4 is 34.2 Å². The maximum atomic E-state index is 12.6. The number of likely N-dealkylation sites (tertiary alicyclic amines) is 1. The number of ether oxygens (including phenoxy) is 1. The summed E-state index contributed by atoms with van der Waals surface area (Å²) in [4.78, 5) is 40.9. The van der Waals surface area contributed by atoms with Crippen molar-refractivity contribution in [2.75, 3.05) is 31.1 Å². The fraction of sp³-hybridized carbons (Fsp3) is 0.458. The zero-order valence-electron chi connectivity index (χ0n) is 17.9. The van der Waals surface area contributed by atoms with E-state index in [9.17, 15) is 19.5 Å². The number of carbonyl (C=O) groups is 3. The van der Waals surface area contributed by atoms with Gasteiger partial charge in [0.1, 0.15) is 0 Å². The van der Waals surface area contributed by atoms with Gasteiger partial charge < -0.3 is 19.6 Å². The fourth-order valence-electron chi connectivity index (χ4n) is 4.45. The molecule has 0 spiro atoms. The van der Waals surface area contributed by atoms with Crippen LogP contribution in [0.1, 0.15) is 26.7 Å². The van der Waals surface area contributed by atoms with Gasteiger partial charge in [0, 0.05) is 37.4 Å². The van der Waals surface area contributed by atoms with Crippen molar-refractivity contribution in [2.24, 2.45) is 11.8 Å². The molecule has 7 heteroatoms. The molecule has 31 heavy (non-hydrogen) atoms. The molecule has 0 aromatic heterocycles. The predicted molar refractivity (Wildman–Crippen MR) is 116 cm³/mol. The lowest BCUT2D eigenvalue weighted by molar-refractivity contribution is -0.155. The number of nitrogens with zero attached hydrogens (tertiary/aromatic N) is 2. The SMILES string of the molecule is CC(C)(O)C1CCN(C(=O)COC(=O)C2CC(=O)N(c3cccc4ccccc34)C2)C1. The summed E-state index contributed by atoms with van der Waals surface area (Å²) in [6, 6.07) is 13.6. The summed E-state index contributed by atoms with van der Waals surface area (Å²) in [6.07, 6.45) is 0.793. The van der Waals surface area contributed by atoms with E-state index >= 15 is 0 Å². The Hall–Kier alpha value is -2.93. The van der Waals surface area contributed by atoms with Gasteiger partial charge in [-0.3, -0.25) is 14.4 Å². The molecule has 2 aliphatic heterocycles. The standard InChI is InChI=1S/C24H28N2O5/c1-24(2,30)18-10-11-25(14-18)22(28)15-31-23(29)17-12-21(27)26(13-17)20-9-5-7-16-6-3-4-8-19(16)20/h3-9,17-18,30H,10-15H2,1-2H3. The van der Waals surface area contributed by atoms with Gasteiger partial charge in [0.25, 0.3) is 5.91 Å². The van der Waals surface area contributed by atoms with Crippen LogP contribution in [0.5, 0.6) is 0 Å². The van der Waals surface area contributed by atoms with E-state index in [1.165, 1.54) is 0 Å². The highest BCUT2D eigenvalue weighted by atomic mass is 16.5. The molecule has 2 amide bonds. The summed E-state index contributed by atoms with van der Waals surface area (Å²) in [6.45, 7) is 4.38. The van der Waals surface area contributed by atoms with E-state index in [2.05, 4.69) is 0 Å². The largest absolute Gasteiger partial charge is 0.455 e. The molecule has 0 bridgehead atoms. The third kappa shape index (κ3) is 4.42. The lowest BCUT2D eigenvalue weighted by Gasteiger charge is -2.25. The van der Waals surface area contributed by atoms with Gasteiger partial charge in [-0.15, -0.1) is 0 Å². The van der Waals surface area contributed by atoms with Crippen LogP contribution in [0.2, 0.25) is 0 Å². The van der Waals surface area contributed by atoms with E-state index in [1.54, 1.807) is 23.6 Å². The summed E-state index contributed by atoms with van der Waals surface area (Å²) >= 11 is 0. The molecule has 4 rings (SSSR count). The van der Waals surface area contributed by atoms with Crippen LogP contribution >= 0.6 is 0 Å². The monoisotopic (exact) mass is 424 g/mol. The summed E-state index contributed by atoms with van der Waals surface area (Å²) in [5.41, 5.74) is -0.0646. The summed E-state index contributed by atoms with van der Waals surface area (Å²) in [5, 5.41) is 12.1. The van der Waals surface area contributed by atoms with Crippen molar-refractivity contribution in [3.05, 3.63) is 42.5 Å². The van der Waals surface area contributed by atoms with E-state index in [4.69, 9.17) is 4.74 Å². The number of anilines is 1. The van der Waals surface area contributed by atoms with Crippen LogP contribution in [0.15, 0.2) is 42.5 Å². The maximum Gasteiger partial charge on any atom is 0.311 e. The quantitative estimate of drug-likeness (QED) is 0.745. The second kappa shape index (κ2) is 8.30. The number of carbonyl (C=O) groups excluding carboxylic acids is 3. The van der Waals surface area contributed by atoms with Gasteiger partial charge in [0.05, 0.1) is 17.2 Å². The maximum absolute atomic E-state index is 12.6. The number of aliphatic hydroxyl groups is 1. The Labute approximate surface area is 181 Å². The Morgan fingerprint density at radius 2 is 1.87 bits per heavy atom. The predicted octanol–water partition coefficient (Wildman–Crippen LogP) is 2.36. The molecule has 2 aliphatic rings. The normalized spacial score (nSPS) is 21.7. The van der Waals surface area contributed by atoms with Crippen LogP contribution in [0.25, 0.3) is 10.8 Å². The average Bonchev–Trinajstić information content (AvgIpc) is 3.38. The number of amides is 2. The Morgan fingerprint density at radius 1 is 1.13 bits per heavy atom. The Morgan fingerprint density at radius 3 is 2.61 bits per heavy atom. The minimum Gasteiger partial charge on any atom is -0.455 e. The van der Waals surface area contributed by atoms with Gasteiger partial charge in [-0.05, 0) is 31.7 Å². The molecular weight excluding hydrogens is 396 g/mol. The number of hydrogen-bond acceptors (Lipinski definition) is 5. The highest BCUT2D eigenvalue weighted by Crippen LogP contribution is 2.32. The Bertz CT molecular complexity index is 1010. The van der Waals surface area contributed by atoms with Crippen molar-refractivity contribution < 1.29 is 24.2 Å². The lowest BCUT2D eigenvalue weighted by Crippen LogP contribution is -2.37. The van der Waals surface area contributed by atoms with E-state index < -0.39 is 17.5 Å². The van der Waals surface area contributed by atoms with Crippen LogP contribution in [-0.4, -0.2) is 59.6 Å². The summed E-state index contributed by atoms with van der Waals surface area (Å²) in [5.74, 6) is -1.51. The fourth-order valence-corrected chi connectivity index (χ4v) is 4.45. The molecule has 2 unspecified atom stereocenters. The van der Waals surface area contributed by atoms with Gasteiger partial charge in [0.15, 0.2) is 6.61 Å². The average molecular weight is 424 g/mol. The zero-order chi connectivity index (χ0) is 22.2. The third-order valence-corrected chi connectivity index (χ3v) is 6.39. The minimum atomic E-state index is -0.846. The van der Waals surface area contributed by atoms with Crippen molar-refractivity contribution in [1.82, 2.24) is 4.90 Å². The highest BCUT2D eigenvalue weighted by molar-refractivity contribution is 6.06. The molecule has 0 aliphatic carbocycles. The smallest absolute Gasteiger partial charge is 0.311 e. The molecule has 2 aromatic rings. The first-order chi connectivity index (χ1) is 14.7. The number of rotatable bonds is 5. The number of hydrogen-bond donors (Lipinski definition) is 1. The summed E-state index contributed by atoms with van der Waals surface area (Å²) < 4.78 is 5.27. The molecule has 7 nitrogen and oxygen atoms in total. The van der Waals surface area contributed by atoms with Crippen LogP contribution < -0.4 is 4.90 Å². The molecule has 0 saturated carbocycles. The first-order valence-corrected chi connectivity index (χ1v) is 10.7. The van der Waals surface area contributed by atoms with Gasteiger partial charge >= 0.3 is 5.97 Å². The summed E-state index contributed by atoms with van der Waals surface area (Å²) in [7, 11) is 0. The van der Waals surface area contributed by atoms with Crippen LogP contribution in [0, 0.1) is 11.8 Å². The lowest BCUT2D eigenvalue weighted by atomic mass is 9.90. The van der Waals surface area contributed by atoms with E-state index in [-0.39, 0.29) is 37.3 Å². The van der Waals surface area contributed by atoms with Crippen molar-refractivity contribution in [3.8, 4) is 0 Å². The van der Waals surface area contributed by atoms with Crippen LogP contribution in [0.3, 0.4) is 0 Å². The number of esters is 1. The molecule has 0 radical (unpaired) electrons. The van der Waals surface area contributed by atoms with Gasteiger partial charge in [-0.1, -0.05) is 36.4 Å². The highest BCUT2D eigenvalue weighted by Gasteiger charge is 2.38. The van der Waals surface area contributed by atoms with Crippen molar-refractivity contribution in [3.63, 3.8) is 0 Å². The van der Waals surface area contributed by atoms with Gasteiger partial charge in [-0.2, -0.15) is 0 Å². The number of fused-ring (bicyclic) bond motifs is 1. The van der Waals surface area contributed by atoms with Crippen molar-refractivity contribution in [2.45, 2.75) is 32.3 Å². The second-order valence-electron chi connectivity index (χ2n) is 8.99. The van der Waals surface area contributed by atoms with Gasteiger partial charge in [-0.25, -0.2) is 0 Å². The molecule has 2 heterocycles. The first kappa shape index (κ1) is 21.3. The first-order valence-electron chi connectivity index (χ1n) is 10.7. The second-order valence-corrected chi connectivity index (χ2v) is 8.99. The van der Waals surface area contributed by atoms with E-state index in [0.717, 1.165) is 22.9 Å². The van der Waals surface area contributed by atoms with E-state index in [0.29, 0.717) is 13.1 Å². The third-order valence-electron chi connectivity index (χ3n) is 6.39. The Balaban J connectivity index is 1.35. The minimum absolute atomic E-state index is 0.00820. The molecule has 164 valence electrons. The molecular formula is C24H28N2O5. The molecule has 2 aromatic carbocycles. The number of benzene rings is 2. The van der Waals surface area contributed by atoms with Crippen molar-refractivity contribution in [1.29, 1.82) is 0 Å². The zero-order valence-corrected chi connectivity index (χ0v) is 17.9. The Kier molecular flexibility index (Phi) is 5.71. The molecule has 1 N–H and O–H groups in total. The van der Waals surface area contributed by atoms with Crippen LogP contribution in [-0.2, 0) is 19.1 Å². The topological polar surface area (TPSA) is 87.1 Å². The molecule has 2 saturated heterocycles. The molecule has 2 fully saturated rings. The molecule has 2 atom stereocenters. The van der Waals surface area contributed by atoms with Crippen LogP contribution in [0.4, 0.5) is 5.69 Å².